The van der Waals surface area contributed by atoms with Crippen molar-refractivity contribution >= 4 is 45.9 Å². The van der Waals surface area contributed by atoms with Gasteiger partial charge in [-0.2, -0.15) is 18.2 Å². The van der Waals surface area contributed by atoms with Gasteiger partial charge in [0.2, 0.25) is 5.91 Å². The predicted octanol–water partition coefficient (Wildman–Crippen LogP) is 6.64. The van der Waals surface area contributed by atoms with Crippen LogP contribution in [0.15, 0.2) is 78.0 Å². The first-order valence-electron chi connectivity index (χ1n) is 13.7. The summed E-state index contributed by atoms with van der Waals surface area (Å²) in [7, 11) is 1.59. The van der Waals surface area contributed by atoms with Crippen molar-refractivity contribution in [3.05, 3.63) is 89.7 Å². The fourth-order valence-corrected chi connectivity index (χ4v) is 5.71. The highest BCUT2D eigenvalue weighted by atomic mass is 32.2. The minimum Gasteiger partial charge on any atom is -0.497 e. The molecule has 1 saturated heterocycles. The molecule has 0 atom stereocenters. The second-order valence-electron chi connectivity index (χ2n) is 10.2. The number of hydrogen-bond donors (Lipinski definition) is 1. The van der Waals surface area contributed by atoms with Gasteiger partial charge in [-0.15, -0.1) is 5.10 Å². The highest BCUT2D eigenvalue weighted by molar-refractivity contribution is 8.15. The molecule has 1 N–H and O–H groups in total. The van der Waals surface area contributed by atoms with E-state index in [-0.39, 0.29) is 22.7 Å². The average Bonchev–Trinajstić information content (AvgIpc) is 3.64. The number of amidine groups is 1. The van der Waals surface area contributed by atoms with Gasteiger partial charge in [-0.05, 0) is 66.0 Å². The standard InChI is InChI=1S/C31H29F3N6O2S2/c1-19(2)25-13-12-24(42-3)16-26(25)40-27(41)17-44-30(40)37-29(43)35-15-14-20-4-6-21(7-5-20)28-36-18-39(38-28)23-10-8-22(9-11-23)31(32,33)34/h4-13,16,18-19H,14-15,17H2,1-3H3,(H,35,43). The van der Waals surface area contributed by atoms with Crippen LogP contribution in [0.25, 0.3) is 17.1 Å². The number of nitrogens with zero attached hydrogens (tertiary/aromatic N) is 5. The summed E-state index contributed by atoms with van der Waals surface area (Å²) < 4.78 is 45.4. The van der Waals surface area contributed by atoms with Crippen LogP contribution in [0.3, 0.4) is 0 Å². The zero-order chi connectivity index (χ0) is 31.4. The van der Waals surface area contributed by atoms with Crippen molar-refractivity contribution in [2.24, 2.45) is 4.99 Å². The first kappa shape index (κ1) is 31.2. The van der Waals surface area contributed by atoms with Crippen molar-refractivity contribution in [2.45, 2.75) is 32.4 Å². The fraction of sp³-hybridized carbons (Fsp3) is 0.258. The maximum Gasteiger partial charge on any atom is 0.416 e. The summed E-state index contributed by atoms with van der Waals surface area (Å²) in [6.07, 6.45) is -2.26. The molecule has 5 rings (SSSR count). The zero-order valence-corrected chi connectivity index (χ0v) is 25.8. The van der Waals surface area contributed by atoms with Crippen molar-refractivity contribution in [2.75, 3.05) is 24.3 Å². The van der Waals surface area contributed by atoms with Crippen LogP contribution < -0.4 is 15.0 Å². The number of methoxy groups -OCH3 is 1. The van der Waals surface area contributed by atoms with Crippen LogP contribution in [0.2, 0.25) is 0 Å². The smallest absolute Gasteiger partial charge is 0.416 e. The second kappa shape index (κ2) is 13.2. The summed E-state index contributed by atoms with van der Waals surface area (Å²) in [6, 6.07) is 18.1. The third kappa shape index (κ3) is 7.11. The number of anilines is 1. The Hall–Kier alpha value is -4.23. The van der Waals surface area contributed by atoms with Gasteiger partial charge in [-0.25, -0.2) is 9.67 Å². The number of benzene rings is 3. The molecule has 0 unspecified atom stereocenters. The molecular weight excluding hydrogens is 610 g/mol. The summed E-state index contributed by atoms with van der Waals surface area (Å²) in [4.78, 5) is 23.3. The highest BCUT2D eigenvalue weighted by Gasteiger charge is 2.32. The second-order valence-corrected chi connectivity index (χ2v) is 11.6. The zero-order valence-electron chi connectivity index (χ0n) is 24.1. The minimum absolute atomic E-state index is 0.0644. The van der Waals surface area contributed by atoms with Crippen LogP contribution in [0.4, 0.5) is 18.9 Å². The van der Waals surface area contributed by atoms with E-state index in [0.717, 1.165) is 34.5 Å². The van der Waals surface area contributed by atoms with Gasteiger partial charge in [0.1, 0.15) is 12.1 Å². The topological polar surface area (TPSA) is 84.6 Å². The molecule has 4 aromatic rings. The molecule has 0 aliphatic carbocycles. The van der Waals surface area contributed by atoms with E-state index < -0.39 is 11.7 Å². The Balaban J connectivity index is 1.19. The quantitative estimate of drug-likeness (QED) is 0.217. The maximum absolute atomic E-state index is 12.9. The summed E-state index contributed by atoms with van der Waals surface area (Å²) in [6.45, 7) is 4.67. The van der Waals surface area contributed by atoms with E-state index in [9.17, 15) is 18.0 Å². The number of ether oxygens (including phenoxy) is 1. The van der Waals surface area contributed by atoms with Crippen LogP contribution >= 0.6 is 24.0 Å². The molecule has 0 bridgehead atoms. The molecule has 1 aliphatic heterocycles. The van der Waals surface area contributed by atoms with Crippen LogP contribution in [-0.4, -0.2) is 50.4 Å². The van der Waals surface area contributed by atoms with Crippen molar-refractivity contribution < 1.29 is 22.7 Å². The number of alkyl halides is 3. The average molecular weight is 639 g/mol. The Bertz CT molecular complexity index is 1690. The Kier molecular flexibility index (Phi) is 9.35. The van der Waals surface area contributed by atoms with E-state index in [1.54, 1.807) is 12.0 Å². The first-order chi connectivity index (χ1) is 21.0. The van der Waals surface area contributed by atoms with E-state index in [2.05, 4.69) is 34.2 Å². The number of rotatable bonds is 8. The van der Waals surface area contributed by atoms with Crippen molar-refractivity contribution in [3.8, 4) is 22.8 Å². The maximum atomic E-state index is 12.9. The van der Waals surface area contributed by atoms with Crippen LogP contribution in [0.1, 0.15) is 36.5 Å². The molecule has 44 heavy (non-hydrogen) atoms. The molecular formula is C31H29F3N6O2S2. The largest absolute Gasteiger partial charge is 0.497 e. The number of amides is 1. The van der Waals surface area contributed by atoms with Gasteiger partial charge in [0.15, 0.2) is 16.1 Å². The Morgan fingerprint density at radius 1 is 1.11 bits per heavy atom. The third-order valence-corrected chi connectivity index (χ3v) is 8.08. The molecule has 0 saturated carbocycles. The summed E-state index contributed by atoms with van der Waals surface area (Å²) in [5, 5.41) is 8.37. The normalized spacial score (nSPS) is 14.5. The van der Waals surface area contributed by atoms with Gasteiger partial charge < -0.3 is 10.1 Å². The molecule has 8 nitrogen and oxygen atoms in total. The Morgan fingerprint density at radius 3 is 2.50 bits per heavy atom. The number of thioether (sulfide) groups is 1. The number of hydrogen-bond acceptors (Lipinski definition) is 6. The molecule has 2 heterocycles. The number of carbonyl (C=O) groups excluding carboxylic acids is 1. The van der Waals surface area contributed by atoms with Gasteiger partial charge >= 0.3 is 6.18 Å². The van der Waals surface area contributed by atoms with E-state index in [1.165, 1.54) is 34.9 Å². The van der Waals surface area contributed by atoms with Gasteiger partial charge in [-0.3, -0.25) is 9.69 Å². The molecule has 1 aliphatic rings. The van der Waals surface area contributed by atoms with Crippen molar-refractivity contribution in [1.82, 2.24) is 20.1 Å². The number of nitrogens with one attached hydrogen (secondary N) is 1. The summed E-state index contributed by atoms with van der Waals surface area (Å²) in [5.41, 5.74) is 3.33. The Morgan fingerprint density at radius 2 is 1.84 bits per heavy atom. The highest BCUT2D eigenvalue weighted by Crippen LogP contribution is 2.36. The fourth-order valence-electron chi connectivity index (χ4n) is 4.60. The molecule has 1 amide bonds. The lowest BCUT2D eigenvalue weighted by atomic mass is 10.00. The number of carbonyl (C=O) groups is 1. The SMILES string of the molecule is COc1ccc(C(C)C)c(N2C(=O)CSC2=NC(=S)NCCc2ccc(-c3ncn(-c4ccc(C(F)(F)F)cc4)n3)cc2)c1. The van der Waals surface area contributed by atoms with Gasteiger partial charge in [0.05, 0.1) is 29.8 Å². The third-order valence-electron chi connectivity index (χ3n) is 6.92. The first-order valence-corrected chi connectivity index (χ1v) is 15.1. The van der Waals surface area contributed by atoms with E-state index in [0.29, 0.717) is 35.4 Å². The van der Waals surface area contributed by atoms with Crippen LogP contribution in [0.5, 0.6) is 5.75 Å². The number of aliphatic imine (C=N–C) groups is 1. The molecule has 0 radical (unpaired) electrons. The van der Waals surface area contributed by atoms with Gasteiger partial charge in [0.25, 0.3) is 0 Å². The molecule has 13 heteroatoms. The van der Waals surface area contributed by atoms with E-state index in [4.69, 9.17) is 17.0 Å². The molecule has 3 aromatic carbocycles. The van der Waals surface area contributed by atoms with Crippen LogP contribution in [0, 0.1) is 0 Å². The predicted molar refractivity (Wildman–Crippen MR) is 171 cm³/mol. The lowest BCUT2D eigenvalue weighted by Crippen LogP contribution is -2.32. The van der Waals surface area contributed by atoms with E-state index in [1.807, 2.05) is 42.5 Å². The molecule has 0 spiro atoms. The van der Waals surface area contributed by atoms with Crippen molar-refractivity contribution in [1.29, 1.82) is 0 Å². The number of halogens is 3. The van der Waals surface area contributed by atoms with Crippen molar-refractivity contribution in [3.63, 3.8) is 0 Å². The summed E-state index contributed by atoms with van der Waals surface area (Å²) >= 11 is 6.83. The van der Waals surface area contributed by atoms with Gasteiger partial charge in [0, 0.05) is 18.2 Å². The monoisotopic (exact) mass is 638 g/mol. The molecule has 1 fully saturated rings. The number of aromatic nitrogens is 3. The molecule has 228 valence electrons. The lowest BCUT2D eigenvalue weighted by molar-refractivity contribution is -0.137. The van der Waals surface area contributed by atoms with E-state index >= 15 is 0 Å². The minimum atomic E-state index is -4.40. The van der Waals surface area contributed by atoms with Gasteiger partial charge in [-0.1, -0.05) is 55.9 Å². The van der Waals surface area contributed by atoms with Crippen LogP contribution in [-0.2, 0) is 17.4 Å². The number of thiocarbonyl (C=S) groups is 1. The molecule has 1 aromatic heterocycles. The Labute approximate surface area is 262 Å². The summed E-state index contributed by atoms with van der Waals surface area (Å²) in [5.74, 6) is 1.52. The lowest BCUT2D eigenvalue weighted by Gasteiger charge is -2.22.